The number of carbonyl (C=O) groups is 1. The molecular formula is C15H18ClN3O. The summed E-state index contributed by atoms with van der Waals surface area (Å²) in [4.78, 5) is 12.3. The van der Waals surface area contributed by atoms with Crippen LogP contribution < -0.4 is 5.73 Å². The number of aryl methyl sites for hydroxylation is 2. The number of hydrogen-bond acceptors (Lipinski definition) is 3. The summed E-state index contributed by atoms with van der Waals surface area (Å²) in [7, 11) is 0. The van der Waals surface area contributed by atoms with Gasteiger partial charge in [0.25, 0.3) is 0 Å². The standard InChI is InChI=1S/C15H18ClN3O/c1-3-19-12(14(16)10(2)18-19)9-13(20)15(17)11-7-5-4-6-8-11/h4-8,15H,3,9,17H2,1-2H3. The molecule has 0 spiro atoms. The lowest BCUT2D eigenvalue weighted by molar-refractivity contribution is -0.119. The van der Waals surface area contributed by atoms with Crippen LogP contribution in [0.4, 0.5) is 0 Å². The minimum atomic E-state index is -0.632. The summed E-state index contributed by atoms with van der Waals surface area (Å²) in [6.45, 7) is 4.48. The van der Waals surface area contributed by atoms with Gasteiger partial charge in [-0.3, -0.25) is 9.48 Å². The summed E-state index contributed by atoms with van der Waals surface area (Å²) in [6, 6.07) is 8.71. The SMILES string of the molecule is CCn1nc(C)c(Cl)c1CC(=O)C(N)c1ccccc1. The molecule has 0 aliphatic heterocycles. The fourth-order valence-electron chi connectivity index (χ4n) is 2.16. The number of Topliss-reactive ketones (excluding diaryl/α,β-unsaturated/α-hetero) is 1. The molecule has 0 fully saturated rings. The van der Waals surface area contributed by atoms with Crippen LogP contribution in [0.15, 0.2) is 30.3 Å². The van der Waals surface area contributed by atoms with Gasteiger partial charge < -0.3 is 5.73 Å². The third-order valence-electron chi connectivity index (χ3n) is 3.30. The van der Waals surface area contributed by atoms with Crippen molar-refractivity contribution >= 4 is 17.4 Å². The summed E-state index contributed by atoms with van der Waals surface area (Å²) in [6.07, 6.45) is 0.198. The molecule has 0 radical (unpaired) electrons. The third kappa shape index (κ3) is 2.92. The smallest absolute Gasteiger partial charge is 0.160 e. The van der Waals surface area contributed by atoms with E-state index in [4.69, 9.17) is 17.3 Å². The van der Waals surface area contributed by atoms with Crippen LogP contribution in [-0.2, 0) is 17.8 Å². The van der Waals surface area contributed by atoms with Crippen molar-refractivity contribution in [3.05, 3.63) is 52.3 Å². The molecule has 0 saturated heterocycles. The molecule has 1 atom stereocenters. The van der Waals surface area contributed by atoms with Gasteiger partial charge in [0, 0.05) is 6.54 Å². The average molecular weight is 292 g/mol. The van der Waals surface area contributed by atoms with E-state index in [0.717, 1.165) is 17.0 Å². The Labute approximate surface area is 123 Å². The number of benzene rings is 1. The Balaban J connectivity index is 2.20. The Morgan fingerprint density at radius 1 is 1.40 bits per heavy atom. The molecular weight excluding hydrogens is 274 g/mol. The van der Waals surface area contributed by atoms with E-state index in [-0.39, 0.29) is 12.2 Å². The molecule has 2 N–H and O–H groups in total. The van der Waals surface area contributed by atoms with Gasteiger partial charge in [0.15, 0.2) is 5.78 Å². The normalized spacial score (nSPS) is 12.4. The second-order valence-corrected chi connectivity index (χ2v) is 5.07. The number of nitrogens with two attached hydrogens (primary N) is 1. The zero-order valence-electron chi connectivity index (χ0n) is 11.6. The Bertz CT molecular complexity index is 607. The quantitative estimate of drug-likeness (QED) is 0.921. The van der Waals surface area contributed by atoms with Crippen molar-refractivity contribution in [3.8, 4) is 0 Å². The average Bonchev–Trinajstić information content (AvgIpc) is 2.75. The van der Waals surface area contributed by atoms with E-state index in [0.29, 0.717) is 11.6 Å². The predicted molar refractivity (Wildman–Crippen MR) is 79.7 cm³/mol. The van der Waals surface area contributed by atoms with Crippen LogP contribution in [0, 0.1) is 6.92 Å². The number of ketones is 1. The first kappa shape index (κ1) is 14.8. The Hall–Kier alpha value is -1.65. The molecule has 1 heterocycles. The monoisotopic (exact) mass is 291 g/mol. The highest BCUT2D eigenvalue weighted by atomic mass is 35.5. The van der Waals surface area contributed by atoms with Crippen LogP contribution in [0.3, 0.4) is 0 Å². The molecule has 20 heavy (non-hydrogen) atoms. The van der Waals surface area contributed by atoms with Crippen LogP contribution in [-0.4, -0.2) is 15.6 Å². The van der Waals surface area contributed by atoms with Crippen LogP contribution in [0.5, 0.6) is 0 Å². The number of carbonyl (C=O) groups excluding carboxylic acids is 1. The first-order chi connectivity index (χ1) is 9.54. The second kappa shape index (κ2) is 6.20. The molecule has 0 aliphatic rings. The molecule has 0 amide bonds. The number of rotatable bonds is 5. The van der Waals surface area contributed by atoms with Crippen molar-refractivity contribution in [1.82, 2.24) is 9.78 Å². The number of nitrogens with zero attached hydrogens (tertiary/aromatic N) is 2. The van der Waals surface area contributed by atoms with Crippen molar-refractivity contribution in [3.63, 3.8) is 0 Å². The van der Waals surface area contributed by atoms with E-state index in [1.807, 2.05) is 44.2 Å². The molecule has 1 unspecified atom stereocenters. The Kier molecular flexibility index (Phi) is 4.57. The number of hydrogen-bond donors (Lipinski definition) is 1. The maximum Gasteiger partial charge on any atom is 0.160 e. The Morgan fingerprint density at radius 2 is 2.05 bits per heavy atom. The van der Waals surface area contributed by atoms with Gasteiger partial charge >= 0.3 is 0 Å². The topological polar surface area (TPSA) is 60.9 Å². The molecule has 0 saturated carbocycles. The van der Waals surface area contributed by atoms with E-state index in [2.05, 4.69) is 5.10 Å². The largest absolute Gasteiger partial charge is 0.318 e. The van der Waals surface area contributed by atoms with Crippen molar-refractivity contribution in [1.29, 1.82) is 0 Å². The molecule has 0 bridgehead atoms. The minimum Gasteiger partial charge on any atom is -0.318 e. The molecule has 4 nitrogen and oxygen atoms in total. The van der Waals surface area contributed by atoms with E-state index < -0.39 is 6.04 Å². The molecule has 1 aromatic carbocycles. The van der Waals surface area contributed by atoms with Crippen molar-refractivity contribution < 1.29 is 4.79 Å². The van der Waals surface area contributed by atoms with Gasteiger partial charge in [-0.2, -0.15) is 5.10 Å². The third-order valence-corrected chi connectivity index (χ3v) is 3.79. The molecule has 5 heteroatoms. The maximum absolute atomic E-state index is 12.3. The fraction of sp³-hybridized carbons (Fsp3) is 0.333. The van der Waals surface area contributed by atoms with Crippen molar-refractivity contribution in [2.75, 3.05) is 0 Å². The highest BCUT2D eigenvalue weighted by molar-refractivity contribution is 6.32. The zero-order valence-corrected chi connectivity index (χ0v) is 12.4. The van der Waals surface area contributed by atoms with Gasteiger partial charge in [-0.25, -0.2) is 0 Å². The number of aromatic nitrogens is 2. The molecule has 0 aliphatic carbocycles. The minimum absolute atomic E-state index is 0.0623. The van der Waals surface area contributed by atoms with Gasteiger partial charge in [-0.1, -0.05) is 41.9 Å². The van der Waals surface area contributed by atoms with Crippen molar-refractivity contribution in [2.24, 2.45) is 5.73 Å². The summed E-state index contributed by atoms with van der Waals surface area (Å²) >= 11 is 6.21. The first-order valence-corrected chi connectivity index (χ1v) is 6.97. The highest BCUT2D eigenvalue weighted by Crippen LogP contribution is 2.23. The summed E-state index contributed by atoms with van der Waals surface area (Å²) in [5.41, 5.74) is 8.30. The summed E-state index contributed by atoms with van der Waals surface area (Å²) in [5.74, 6) is -0.0623. The Morgan fingerprint density at radius 3 is 2.65 bits per heavy atom. The first-order valence-electron chi connectivity index (χ1n) is 6.59. The van der Waals surface area contributed by atoms with E-state index in [1.54, 1.807) is 4.68 Å². The van der Waals surface area contributed by atoms with Gasteiger partial charge in [0.2, 0.25) is 0 Å². The van der Waals surface area contributed by atoms with E-state index in [9.17, 15) is 4.79 Å². The number of halogens is 1. The van der Waals surface area contributed by atoms with Gasteiger partial charge in [0.05, 0.1) is 28.9 Å². The van der Waals surface area contributed by atoms with Gasteiger partial charge in [0.1, 0.15) is 0 Å². The predicted octanol–water partition coefficient (Wildman–Crippen LogP) is 2.68. The summed E-state index contributed by atoms with van der Waals surface area (Å²) in [5, 5.41) is 4.86. The highest BCUT2D eigenvalue weighted by Gasteiger charge is 2.21. The van der Waals surface area contributed by atoms with Crippen molar-refractivity contribution in [2.45, 2.75) is 32.9 Å². The summed E-state index contributed by atoms with van der Waals surface area (Å²) < 4.78 is 1.76. The van der Waals surface area contributed by atoms with Crippen LogP contribution in [0.25, 0.3) is 0 Å². The fourth-order valence-corrected chi connectivity index (χ4v) is 2.36. The molecule has 106 valence electrons. The van der Waals surface area contributed by atoms with E-state index in [1.165, 1.54) is 0 Å². The van der Waals surface area contributed by atoms with E-state index >= 15 is 0 Å². The lowest BCUT2D eigenvalue weighted by Crippen LogP contribution is -2.24. The van der Waals surface area contributed by atoms with Crippen LogP contribution in [0.1, 0.15) is 29.9 Å². The molecule has 2 rings (SSSR count). The molecule has 1 aromatic heterocycles. The lowest BCUT2D eigenvalue weighted by Gasteiger charge is -2.11. The van der Waals surface area contributed by atoms with Crippen LogP contribution >= 0.6 is 11.6 Å². The maximum atomic E-state index is 12.3. The molecule has 2 aromatic rings. The lowest BCUT2D eigenvalue weighted by atomic mass is 10.0. The van der Waals surface area contributed by atoms with Gasteiger partial charge in [-0.05, 0) is 19.4 Å². The van der Waals surface area contributed by atoms with Crippen LogP contribution in [0.2, 0.25) is 5.02 Å². The second-order valence-electron chi connectivity index (χ2n) is 4.69. The van der Waals surface area contributed by atoms with Gasteiger partial charge in [-0.15, -0.1) is 0 Å². The zero-order chi connectivity index (χ0) is 14.7.